The van der Waals surface area contributed by atoms with Crippen molar-refractivity contribution < 1.29 is 14.3 Å². The van der Waals surface area contributed by atoms with Crippen LogP contribution in [-0.2, 0) is 20.7 Å². The van der Waals surface area contributed by atoms with Gasteiger partial charge in [-0.15, -0.1) is 11.8 Å². The lowest BCUT2D eigenvalue weighted by Gasteiger charge is -2.35. The van der Waals surface area contributed by atoms with E-state index in [-0.39, 0.29) is 17.3 Å². The van der Waals surface area contributed by atoms with E-state index >= 15 is 0 Å². The number of nitrogens with zero attached hydrogens (tertiary/aromatic N) is 1. The molecule has 0 aromatic heterocycles. The number of amides is 1. The van der Waals surface area contributed by atoms with Crippen molar-refractivity contribution in [3.05, 3.63) is 35.9 Å². The van der Waals surface area contributed by atoms with Crippen LogP contribution < -0.4 is 0 Å². The molecule has 25 heavy (non-hydrogen) atoms. The summed E-state index contributed by atoms with van der Waals surface area (Å²) in [6, 6.07) is 9.34. The van der Waals surface area contributed by atoms with Crippen molar-refractivity contribution >= 4 is 23.6 Å². The number of rotatable bonds is 5. The molecule has 1 aliphatic heterocycles. The zero-order chi connectivity index (χ0) is 17.6. The lowest BCUT2D eigenvalue weighted by Crippen LogP contribution is -2.49. The van der Waals surface area contributed by atoms with Crippen molar-refractivity contribution in [2.45, 2.75) is 56.9 Å². The van der Waals surface area contributed by atoms with Gasteiger partial charge in [-0.1, -0.05) is 49.6 Å². The standard InChI is InChI=1S/C20H27NO3S/c1-2-24-20(23)17-14-25-19(16-11-7-4-8-12-16)21(17)18(22)13-15-9-5-3-6-10-15/h3,5-6,9-10,16-17,19H,2,4,7-8,11-14H2,1H3. The summed E-state index contributed by atoms with van der Waals surface area (Å²) in [7, 11) is 0. The fraction of sp³-hybridized carbons (Fsp3) is 0.600. The Morgan fingerprint density at radius 1 is 1.16 bits per heavy atom. The zero-order valence-corrected chi connectivity index (χ0v) is 15.7. The first-order chi connectivity index (χ1) is 12.2. The zero-order valence-electron chi connectivity index (χ0n) is 14.9. The second kappa shape index (κ2) is 8.75. The van der Waals surface area contributed by atoms with Gasteiger partial charge in [0.15, 0.2) is 0 Å². The van der Waals surface area contributed by atoms with Crippen LogP contribution in [0, 0.1) is 5.92 Å². The molecule has 2 unspecified atom stereocenters. The molecule has 2 aliphatic rings. The van der Waals surface area contributed by atoms with Crippen LogP contribution in [0.5, 0.6) is 0 Å². The molecule has 0 radical (unpaired) electrons. The van der Waals surface area contributed by atoms with E-state index in [0.717, 1.165) is 18.4 Å². The number of hydrogen-bond acceptors (Lipinski definition) is 4. The van der Waals surface area contributed by atoms with E-state index in [2.05, 4.69) is 0 Å². The van der Waals surface area contributed by atoms with Crippen molar-refractivity contribution in [1.82, 2.24) is 4.90 Å². The maximum absolute atomic E-state index is 13.1. The summed E-state index contributed by atoms with van der Waals surface area (Å²) in [5, 5.41) is 0.117. The average molecular weight is 362 g/mol. The SMILES string of the molecule is CCOC(=O)C1CSC(C2CCCCC2)N1C(=O)Cc1ccccc1. The summed E-state index contributed by atoms with van der Waals surface area (Å²) in [6.45, 7) is 2.17. The highest BCUT2D eigenvalue weighted by atomic mass is 32.2. The van der Waals surface area contributed by atoms with Gasteiger partial charge in [-0.3, -0.25) is 4.79 Å². The van der Waals surface area contributed by atoms with Crippen LogP contribution in [0.2, 0.25) is 0 Å². The third-order valence-electron chi connectivity index (χ3n) is 5.13. The predicted molar refractivity (Wildman–Crippen MR) is 100 cm³/mol. The van der Waals surface area contributed by atoms with Crippen LogP contribution in [0.4, 0.5) is 0 Å². The summed E-state index contributed by atoms with van der Waals surface area (Å²) < 4.78 is 5.25. The quantitative estimate of drug-likeness (QED) is 0.751. The Labute approximate surface area is 154 Å². The van der Waals surface area contributed by atoms with Crippen LogP contribution in [-0.4, -0.2) is 40.6 Å². The fourth-order valence-electron chi connectivity index (χ4n) is 3.91. The van der Waals surface area contributed by atoms with Gasteiger partial charge >= 0.3 is 5.97 Å². The Kier molecular flexibility index (Phi) is 6.40. The van der Waals surface area contributed by atoms with E-state index in [9.17, 15) is 9.59 Å². The molecule has 3 rings (SSSR count). The molecular formula is C20H27NO3S. The second-order valence-corrected chi connectivity index (χ2v) is 8.00. The normalized spacial score (nSPS) is 24.3. The van der Waals surface area contributed by atoms with E-state index in [4.69, 9.17) is 4.74 Å². The molecule has 0 bridgehead atoms. The Bertz CT molecular complexity index is 586. The van der Waals surface area contributed by atoms with Gasteiger partial charge in [0.2, 0.25) is 5.91 Å². The Morgan fingerprint density at radius 2 is 1.88 bits per heavy atom. The first-order valence-electron chi connectivity index (χ1n) is 9.34. The van der Waals surface area contributed by atoms with Crippen LogP contribution in [0.1, 0.15) is 44.6 Å². The Morgan fingerprint density at radius 3 is 2.56 bits per heavy atom. The van der Waals surface area contributed by atoms with E-state index in [1.807, 2.05) is 42.2 Å². The monoisotopic (exact) mass is 361 g/mol. The maximum Gasteiger partial charge on any atom is 0.329 e. The molecule has 136 valence electrons. The third kappa shape index (κ3) is 4.38. The van der Waals surface area contributed by atoms with Crippen molar-refractivity contribution in [2.24, 2.45) is 5.92 Å². The van der Waals surface area contributed by atoms with Gasteiger partial charge in [0.25, 0.3) is 0 Å². The first-order valence-corrected chi connectivity index (χ1v) is 10.4. The molecule has 2 atom stereocenters. The summed E-state index contributed by atoms with van der Waals surface area (Å²) in [5.41, 5.74) is 0.995. The molecule has 5 heteroatoms. The van der Waals surface area contributed by atoms with Gasteiger partial charge in [-0.05, 0) is 31.2 Å². The largest absolute Gasteiger partial charge is 0.464 e. The lowest BCUT2D eigenvalue weighted by molar-refractivity contribution is -0.154. The molecular weight excluding hydrogens is 334 g/mol. The Balaban J connectivity index is 1.78. The molecule has 0 spiro atoms. The van der Waals surface area contributed by atoms with E-state index in [1.54, 1.807) is 11.8 Å². The van der Waals surface area contributed by atoms with Crippen molar-refractivity contribution in [1.29, 1.82) is 0 Å². The summed E-state index contributed by atoms with van der Waals surface area (Å²) in [6.07, 6.45) is 6.40. The van der Waals surface area contributed by atoms with E-state index in [1.165, 1.54) is 19.3 Å². The number of ether oxygens (including phenoxy) is 1. The number of esters is 1. The maximum atomic E-state index is 13.1. The van der Waals surface area contributed by atoms with Crippen LogP contribution in [0.3, 0.4) is 0 Å². The molecule has 1 aromatic rings. The minimum absolute atomic E-state index is 0.0461. The highest BCUT2D eigenvalue weighted by molar-refractivity contribution is 8.00. The summed E-state index contributed by atoms with van der Waals surface area (Å²) >= 11 is 1.76. The van der Waals surface area contributed by atoms with Crippen molar-refractivity contribution in [2.75, 3.05) is 12.4 Å². The third-order valence-corrected chi connectivity index (χ3v) is 6.59. The van der Waals surface area contributed by atoms with Gasteiger partial charge in [0.05, 0.1) is 18.4 Å². The minimum atomic E-state index is -0.437. The highest BCUT2D eigenvalue weighted by Gasteiger charge is 2.45. The van der Waals surface area contributed by atoms with E-state index < -0.39 is 6.04 Å². The molecule has 1 saturated carbocycles. The van der Waals surface area contributed by atoms with Gasteiger partial charge in [0, 0.05) is 5.75 Å². The smallest absolute Gasteiger partial charge is 0.329 e. The molecule has 1 aliphatic carbocycles. The molecule has 1 aromatic carbocycles. The molecule has 4 nitrogen and oxygen atoms in total. The summed E-state index contributed by atoms with van der Waals surface area (Å²) in [5.74, 6) is 0.943. The number of carbonyl (C=O) groups excluding carboxylic acids is 2. The topological polar surface area (TPSA) is 46.6 Å². The molecule has 1 amide bonds. The molecule has 1 heterocycles. The van der Waals surface area contributed by atoms with Crippen LogP contribution in [0.25, 0.3) is 0 Å². The van der Waals surface area contributed by atoms with Gasteiger partial charge in [-0.2, -0.15) is 0 Å². The Hall–Kier alpha value is -1.49. The molecule has 1 saturated heterocycles. The van der Waals surface area contributed by atoms with Crippen LogP contribution in [0.15, 0.2) is 30.3 Å². The fourth-order valence-corrected chi connectivity index (χ4v) is 5.55. The van der Waals surface area contributed by atoms with Gasteiger partial charge < -0.3 is 9.64 Å². The predicted octanol–water partition coefficient (Wildman–Crippen LogP) is 3.64. The first kappa shape index (κ1) is 18.3. The molecule has 0 N–H and O–H groups in total. The van der Waals surface area contributed by atoms with E-state index in [0.29, 0.717) is 24.7 Å². The van der Waals surface area contributed by atoms with Gasteiger partial charge in [-0.25, -0.2) is 4.79 Å². The highest BCUT2D eigenvalue weighted by Crippen LogP contribution is 2.41. The minimum Gasteiger partial charge on any atom is -0.464 e. The molecule has 2 fully saturated rings. The number of carbonyl (C=O) groups is 2. The van der Waals surface area contributed by atoms with Crippen LogP contribution >= 0.6 is 11.8 Å². The second-order valence-electron chi connectivity index (χ2n) is 6.85. The van der Waals surface area contributed by atoms with Crippen molar-refractivity contribution in [3.8, 4) is 0 Å². The number of benzene rings is 1. The lowest BCUT2D eigenvalue weighted by atomic mass is 9.88. The average Bonchev–Trinajstić information content (AvgIpc) is 3.09. The van der Waals surface area contributed by atoms with Gasteiger partial charge in [0.1, 0.15) is 6.04 Å². The number of hydrogen-bond donors (Lipinski definition) is 0. The van der Waals surface area contributed by atoms with Crippen molar-refractivity contribution in [3.63, 3.8) is 0 Å². The number of thioether (sulfide) groups is 1. The summed E-state index contributed by atoms with van der Waals surface area (Å²) in [4.78, 5) is 27.4.